The van der Waals surface area contributed by atoms with E-state index >= 15 is 0 Å². The zero-order valence-electron chi connectivity index (χ0n) is 10.7. The number of furan rings is 1. The first-order valence-electron chi connectivity index (χ1n) is 6.14. The highest BCUT2D eigenvalue weighted by Crippen LogP contribution is 2.21. The number of aryl methyl sites for hydroxylation is 2. The lowest BCUT2D eigenvalue weighted by Gasteiger charge is -2.31. The molecule has 1 saturated heterocycles. The van der Waals surface area contributed by atoms with Crippen molar-refractivity contribution in [2.24, 2.45) is 11.7 Å². The quantitative estimate of drug-likeness (QED) is 0.832. The van der Waals surface area contributed by atoms with Crippen LogP contribution in [-0.4, -0.2) is 28.9 Å². The molecule has 1 fully saturated rings. The third-order valence-electron chi connectivity index (χ3n) is 3.46. The van der Waals surface area contributed by atoms with E-state index < -0.39 is 0 Å². The number of carbonyl (C=O) groups excluding carboxylic acids is 1. The number of thiocarbonyl (C=S) groups is 1. The van der Waals surface area contributed by atoms with Crippen LogP contribution in [0.3, 0.4) is 0 Å². The zero-order chi connectivity index (χ0) is 13.3. The highest BCUT2D eigenvalue weighted by Gasteiger charge is 2.26. The molecule has 0 unspecified atom stereocenters. The molecular weight excluding hydrogens is 248 g/mol. The summed E-state index contributed by atoms with van der Waals surface area (Å²) >= 11 is 5.00. The summed E-state index contributed by atoms with van der Waals surface area (Å²) in [6, 6.07) is 1.80. The van der Waals surface area contributed by atoms with E-state index in [0.717, 1.165) is 18.6 Å². The maximum Gasteiger partial charge on any atom is 0.257 e. The smallest absolute Gasteiger partial charge is 0.257 e. The van der Waals surface area contributed by atoms with Gasteiger partial charge in [-0.15, -0.1) is 0 Å². The molecule has 0 bridgehead atoms. The first kappa shape index (κ1) is 13.1. The lowest BCUT2D eigenvalue weighted by atomic mass is 9.96. The lowest BCUT2D eigenvalue weighted by Crippen LogP contribution is -2.41. The summed E-state index contributed by atoms with van der Waals surface area (Å²) in [5, 5.41) is 0. The fourth-order valence-corrected chi connectivity index (χ4v) is 2.62. The van der Waals surface area contributed by atoms with Crippen LogP contribution in [0.2, 0.25) is 0 Å². The Hall–Kier alpha value is -1.36. The average Bonchev–Trinajstić information content (AvgIpc) is 2.67. The molecule has 0 saturated carbocycles. The summed E-state index contributed by atoms with van der Waals surface area (Å²) in [5.41, 5.74) is 6.31. The van der Waals surface area contributed by atoms with E-state index in [1.807, 2.05) is 18.7 Å². The molecule has 1 amide bonds. The van der Waals surface area contributed by atoms with Crippen LogP contribution < -0.4 is 5.73 Å². The first-order valence-corrected chi connectivity index (χ1v) is 6.55. The molecule has 0 atom stereocenters. The molecule has 1 aromatic heterocycles. The van der Waals surface area contributed by atoms with Gasteiger partial charge in [-0.1, -0.05) is 12.2 Å². The maximum absolute atomic E-state index is 12.3. The van der Waals surface area contributed by atoms with Crippen molar-refractivity contribution >= 4 is 23.1 Å². The Morgan fingerprint density at radius 2 is 2.06 bits per heavy atom. The number of nitrogens with zero attached hydrogens (tertiary/aromatic N) is 1. The summed E-state index contributed by atoms with van der Waals surface area (Å²) in [7, 11) is 0. The van der Waals surface area contributed by atoms with Gasteiger partial charge in [0.1, 0.15) is 11.5 Å². The molecule has 2 heterocycles. The van der Waals surface area contributed by atoms with Crippen molar-refractivity contribution in [3.63, 3.8) is 0 Å². The maximum atomic E-state index is 12.3. The van der Waals surface area contributed by atoms with Crippen LogP contribution in [0, 0.1) is 19.8 Å². The summed E-state index contributed by atoms with van der Waals surface area (Å²) in [6.45, 7) is 5.10. The van der Waals surface area contributed by atoms with Crippen LogP contribution in [0.4, 0.5) is 0 Å². The predicted octanol–water partition coefficient (Wildman–Crippen LogP) is 2.03. The highest BCUT2D eigenvalue weighted by atomic mass is 32.1. The van der Waals surface area contributed by atoms with Crippen LogP contribution in [0.1, 0.15) is 34.7 Å². The Kier molecular flexibility index (Phi) is 3.71. The van der Waals surface area contributed by atoms with Crippen molar-refractivity contribution in [2.75, 3.05) is 13.1 Å². The Morgan fingerprint density at radius 3 is 2.50 bits per heavy atom. The molecule has 4 nitrogen and oxygen atoms in total. The summed E-state index contributed by atoms with van der Waals surface area (Å²) in [6.07, 6.45) is 1.72. The van der Waals surface area contributed by atoms with Crippen LogP contribution in [-0.2, 0) is 0 Å². The molecule has 0 aliphatic carbocycles. The average molecular weight is 266 g/mol. The molecule has 1 aromatic rings. The summed E-state index contributed by atoms with van der Waals surface area (Å²) in [4.78, 5) is 14.7. The van der Waals surface area contributed by atoms with Gasteiger partial charge in [0, 0.05) is 19.0 Å². The highest BCUT2D eigenvalue weighted by molar-refractivity contribution is 7.80. The molecule has 1 aliphatic heterocycles. The van der Waals surface area contributed by atoms with Gasteiger partial charge in [0.2, 0.25) is 0 Å². The van der Waals surface area contributed by atoms with E-state index in [1.165, 1.54) is 0 Å². The minimum Gasteiger partial charge on any atom is -0.466 e. The second-order valence-electron chi connectivity index (χ2n) is 4.80. The van der Waals surface area contributed by atoms with Crippen LogP contribution in [0.25, 0.3) is 0 Å². The lowest BCUT2D eigenvalue weighted by molar-refractivity contribution is 0.0708. The Balaban J connectivity index is 2.04. The molecule has 0 aromatic carbocycles. The Bertz CT molecular complexity index is 473. The van der Waals surface area contributed by atoms with E-state index in [9.17, 15) is 4.79 Å². The van der Waals surface area contributed by atoms with Gasteiger partial charge >= 0.3 is 0 Å². The van der Waals surface area contributed by atoms with Gasteiger partial charge in [-0.3, -0.25) is 4.79 Å². The number of piperidine rings is 1. The molecule has 18 heavy (non-hydrogen) atoms. The number of nitrogens with two attached hydrogens (primary N) is 1. The topological polar surface area (TPSA) is 59.5 Å². The Morgan fingerprint density at radius 1 is 1.44 bits per heavy atom. The molecule has 0 radical (unpaired) electrons. The number of carbonyl (C=O) groups is 1. The van der Waals surface area contributed by atoms with E-state index in [1.54, 1.807) is 6.07 Å². The largest absolute Gasteiger partial charge is 0.466 e. The fraction of sp³-hybridized carbons (Fsp3) is 0.538. The molecule has 5 heteroatoms. The minimum absolute atomic E-state index is 0.0470. The molecule has 1 aliphatic rings. The second-order valence-corrected chi connectivity index (χ2v) is 5.27. The molecule has 2 N–H and O–H groups in total. The second kappa shape index (κ2) is 5.10. The van der Waals surface area contributed by atoms with Gasteiger partial charge in [0.25, 0.3) is 5.91 Å². The summed E-state index contributed by atoms with van der Waals surface area (Å²) < 4.78 is 5.40. The first-order chi connectivity index (χ1) is 8.49. The van der Waals surface area contributed by atoms with Crippen molar-refractivity contribution in [1.29, 1.82) is 0 Å². The van der Waals surface area contributed by atoms with E-state index in [-0.39, 0.29) is 11.8 Å². The number of rotatable bonds is 2. The van der Waals surface area contributed by atoms with Gasteiger partial charge in [-0.05, 0) is 32.8 Å². The molecule has 2 rings (SSSR count). The van der Waals surface area contributed by atoms with Crippen LogP contribution in [0.5, 0.6) is 0 Å². The van der Waals surface area contributed by atoms with Gasteiger partial charge in [-0.25, -0.2) is 0 Å². The molecular formula is C13H18N2O2S. The normalized spacial score (nSPS) is 16.9. The standard InChI is InChI=1S/C13H18N2O2S/c1-8-7-11(9(2)17-8)13(16)15-5-3-10(4-6-15)12(14)18/h7,10H,3-6H2,1-2H3,(H2,14,18). The predicted molar refractivity (Wildman–Crippen MR) is 73.6 cm³/mol. The minimum atomic E-state index is 0.0470. The fourth-order valence-electron chi connectivity index (χ4n) is 2.38. The summed E-state index contributed by atoms with van der Waals surface area (Å²) in [5.74, 6) is 1.78. The van der Waals surface area contributed by atoms with Crippen LogP contribution >= 0.6 is 12.2 Å². The number of amides is 1. The molecule has 0 spiro atoms. The Labute approximate surface area is 112 Å². The zero-order valence-corrected chi connectivity index (χ0v) is 11.5. The van der Waals surface area contributed by atoms with E-state index in [0.29, 0.717) is 29.4 Å². The SMILES string of the molecule is Cc1cc(C(=O)N2CCC(C(N)=S)CC2)c(C)o1. The molecule has 98 valence electrons. The third-order valence-corrected chi connectivity index (χ3v) is 3.79. The third kappa shape index (κ3) is 2.56. The van der Waals surface area contributed by atoms with E-state index in [4.69, 9.17) is 22.4 Å². The van der Waals surface area contributed by atoms with Gasteiger partial charge in [0.05, 0.1) is 10.6 Å². The van der Waals surface area contributed by atoms with Crippen molar-refractivity contribution in [2.45, 2.75) is 26.7 Å². The van der Waals surface area contributed by atoms with E-state index in [2.05, 4.69) is 0 Å². The number of hydrogen-bond acceptors (Lipinski definition) is 3. The van der Waals surface area contributed by atoms with Crippen LogP contribution in [0.15, 0.2) is 10.5 Å². The number of hydrogen-bond donors (Lipinski definition) is 1. The van der Waals surface area contributed by atoms with Crippen molar-refractivity contribution in [1.82, 2.24) is 4.90 Å². The van der Waals surface area contributed by atoms with Gasteiger partial charge in [0.15, 0.2) is 0 Å². The van der Waals surface area contributed by atoms with Crippen molar-refractivity contribution < 1.29 is 9.21 Å². The van der Waals surface area contributed by atoms with Crippen molar-refractivity contribution in [3.8, 4) is 0 Å². The monoisotopic (exact) mass is 266 g/mol. The van der Waals surface area contributed by atoms with Crippen molar-refractivity contribution in [3.05, 3.63) is 23.2 Å². The van der Waals surface area contributed by atoms with Gasteiger partial charge in [-0.2, -0.15) is 0 Å². The number of likely N-dealkylation sites (tertiary alicyclic amines) is 1. The van der Waals surface area contributed by atoms with Gasteiger partial charge < -0.3 is 15.1 Å².